The van der Waals surface area contributed by atoms with Crippen LogP contribution in [-0.4, -0.2) is 48.3 Å². The molecule has 2 unspecified atom stereocenters. The second-order valence-corrected chi connectivity index (χ2v) is 8.32. The van der Waals surface area contributed by atoms with Gasteiger partial charge in [0, 0.05) is 31.2 Å². The largest absolute Gasteiger partial charge is 0.375 e. The fourth-order valence-electron chi connectivity index (χ4n) is 3.43. The van der Waals surface area contributed by atoms with Gasteiger partial charge in [0.25, 0.3) is 0 Å². The van der Waals surface area contributed by atoms with E-state index < -0.39 is 0 Å². The predicted octanol–water partition coefficient (Wildman–Crippen LogP) is 2.90. The normalized spacial score (nSPS) is 32.9. The minimum atomic E-state index is -0.0266. The Morgan fingerprint density at radius 3 is 2.45 bits per heavy atom. The zero-order valence-electron chi connectivity index (χ0n) is 14.3. The highest BCUT2D eigenvalue weighted by Gasteiger charge is 2.46. The summed E-state index contributed by atoms with van der Waals surface area (Å²) in [6.45, 7) is 17.7. The maximum absolute atomic E-state index is 5.94. The van der Waals surface area contributed by atoms with Crippen molar-refractivity contribution in [2.45, 2.75) is 71.6 Å². The lowest BCUT2D eigenvalue weighted by molar-refractivity contribution is -0.0328. The highest BCUT2D eigenvalue weighted by molar-refractivity contribution is 5.04. The fraction of sp³-hybridized carbons (Fsp3) is 1.00. The highest BCUT2D eigenvalue weighted by Crippen LogP contribution is 2.41. The number of nitrogens with zero attached hydrogens (tertiary/aromatic N) is 1. The van der Waals surface area contributed by atoms with Crippen molar-refractivity contribution in [3.8, 4) is 0 Å². The molecule has 0 aromatic heterocycles. The van der Waals surface area contributed by atoms with Crippen molar-refractivity contribution in [3.05, 3.63) is 0 Å². The van der Waals surface area contributed by atoms with Gasteiger partial charge in [0.2, 0.25) is 0 Å². The molecule has 1 saturated heterocycles. The second kappa shape index (κ2) is 5.94. The van der Waals surface area contributed by atoms with Crippen molar-refractivity contribution in [3.63, 3.8) is 0 Å². The average Bonchev–Trinajstić information content (AvgIpc) is 3.10. The predicted molar refractivity (Wildman–Crippen MR) is 85.0 cm³/mol. The molecular weight excluding hydrogens is 248 g/mol. The smallest absolute Gasteiger partial charge is 0.0600 e. The van der Waals surface area contributed by atoms with Crippen LogP contribution in [0, 0.1) is 11.8 Å². The maximum Gasteiger partial charge on any atom is 0.0600 e. The molecule has 1 saturated carbocycles. The van der Waals surface area contributed by atoms with Crippen molar-refractivity contribution in [1.82, 2.24) is 10.2 Å². The Kier molecular flexibility index (Phi) is 4.83. The molecule has 1 aliphatic heterocycles. The van der Waals surface area contributed by atoms with Gasteiger partial charge in [0.1, 0.15) is 0 Å². The Morgan fingerprint density at radius 2 is 1.95 bits per heavy atom. The lowest BCUT2D eigenvalue weighted by Crippen LogP contribution is -2.65. The van der Waals surface area contributed by atoms with Crippen LogP contribution in [0.1, 0.15) is 54.4 Å². The second-order valence-electron chi connectivity index (χ2n) is 8.32. The summed E-state index contributed by atoms with van der Waals surface area (Å²) in [5, 5.41) is 3.84. The quantitative estimate of drug-likeness (QED) is 0.839. The first kappa shape index (κ1) is 16.3. The van der Waals surface area contributed by atoms with Gasteiger partial charge in [-0.2, -0.15) is 0 Å². The summed E-state index contributed by atoms with van der Waals surface area (Å²) >= 11 is 0. The monoisotopic (exact) mass is 282 g/mol. The fourth-order valence-corrected chi connectivity index (χ4v) is 3.43. The molecule has 2 fully saturated rings. The molecule has 1 N–H and O–H groups in total. The van der Waals surface area contributed by atoms with Gasteiger partial charge < -0.3 is 10.1 Å². The van der Waals surface area contributed by atoms with E-state index in [1.54, 1.807) is 0 Å². The van der Waals surface area contributed by atoms with Crippen LogP contribution in [0.25, 0.3) is 0 Å². The minimum absolute atomic E-state index is 0.0266. The average molecular weight is 282 g/mol. The van der Waals surface area contributed by atoms with Gasteiger partial charge in [0.05, 0.1) is 12.2 Å². The first-order chi connectivity index (χ1) is 9.21. The van der Waals surface area contributed by atoms with Gasteiger partial charge in [-0.1, -0.05) is 13.8 Å². The van der Waals surface area contributed by atoms with E-state index in [1.807, 2.05) is 0 Å². The zero-order chi connectivity index (χ0) is 15.0. The molecule has 0 radical (unpaired) electrons. The van der Waals surface area contributed by atoms with Crippen LogP contribution in [0.4, 0.5) is 0 Å². The van der Waals surface area contributed by atoms with E-state index in [0.29, 0.717) is 17.5 Å². The van der Waals surface area contributed by atoms with Crippen molar-refractivity contribution in [2.24, 2.45) is 11.8 Å². The maximum atomic E-state index is 5.94. The Bertz CT molecular complexity index is 319. The molecule has 20 heavy (non-hydrogen) atoms. The van der Waals surface area contributed by atoms with Crippen molar-refractivity contribution < 1.29 is 4.74 Å². The van der Waals surface area contributed by atoms with E-state index in [2.05, 4.69) is 51.8 Å². The molecule has 0 aromatic rings. The molecule has 2 aliphatic rings. The highest BCUT2D eigenvalue weighted by atomic mass is 16.5. The van der Waals surface area contributed by atoms with Gasteiger partial charge in [0.15, 0.2) is 0 Å². The number of nitrogens with one attached hydrogen (secondary N) is 1. The Morgan fingerprint density at radius 1 is 1.30 bits per heavy atom. The van der Waals surface area contributed by atoms with Gasteiger partial charge in [-0.3, -0.25) is 4.90 Å². The molecule has 1 heterocycles. The zero-order valence-corrected chi connectivity index (χ0v) is 14.3. The molecule has 0 aromatic carbocycles. The number of piperazine rings is 1. The van der Waals surface area contributed by atoms with E-state index in [0.717, 1.165) is 25.6 Å². The summed E-state index contributed by atoms with van der Waals surface area (Å²) in [6, 6.07) is 0.644. The molecule has 2 rings (SSSR count). The standard InChI is InChI=1S/C17H34N2O/c1-13(2)15-11-18-17(6,14-7-8-14)12-19(15)9-10-20-16(3,4)5/h13-15,18H,7-12H2,1-6H3. The summed E-state index contributed by atoms with van der Waals surface area (Å²) in [5.41, 5.74) is 0.300. The third kappa shape index (κ3) is 4.19. The molecule has 2 atom stereocenters. The topological polar surface area (TPSA) is 24.5 Å². The van der Waals surface area contributed by atoms with Gasteiger partial charge in [-0.15, -0.1) is 0 Å². The summed E-state index contributed by atoms with van der Waals surface area (Å²) in [5.74, 6) is 1.59. The molecular formula is C17H34N2O. The molecule has 0 spiro atoms. The van der Waals surface area contributed by atoms with Gasteiger partial charge in [-0.25, -0.2) is 0 Å². The molecule has 1 aliphatic carbocycles. The lowest BCUT2D eigenvalue weighted by Gasteiger charge is -2.48. The number of hydrogen-bond donors (Lipinski definition) is 1. The third-order valence-corrected chi connectivity index (χ3v) is 4.88. The summed E-state index contributed by atoms with van der Waals surface area (Å²) in [7, 11) is 0. The summed E-state index contributed by atoms with van der Waals surface area (Å²) < 4.78 is 5.94. The Hall–Kier alpha value is -0.120. The molecule has 0 amide bonds. The van der Waals surface area contributed by atoms with E-state index >= 15 is 0 Å². The van der Waals surface area contributed by atoms with Crippen LogP contribution in [0.2, 0.25) is 0 Å². The SMILES string of the molecule is CC(C)C1CNC(C)(C2CC2)CN1CCOC(C)(C)C. The van der Waals surface area contributed by atoms with E-state index in [9.17, 15) is 0 Å². The first-order valence-corrected chi connectivity index (χ1v) is 8.34. The Balaban J connectivity index is 1.92. The molecule has 3 heteroatoms. The van der Waals surface area contributed by atoms with Gasteiger partial charge in [-0.05, 0) is 52.4 Å². The lowest BCUT2D eigenvalue weighted by atomic mass is 9.88. The first-order valence-electron chi connectivity index (χ1n) is 8.34. The molecule has 118 valence electrons. The van der Waals surface area contributed by atoms with Crippen LogP contribution in [0.3, 0.4) is 0 Å². The molecule has 0 bridgehead atoms. The van der Waals surface area contributed by atoms with E-state index in [1.165, 1.54) is 19.4 Å². The van der Waals surface area contributed by atoms with Crippen molar-refractivity contribution in [1.29, 1.82) is 0 Å². The third-order valence-electron chi connectivity index (χ3n) is 4.88. The van der Waals surface area contributed by atoms with Crippen LogP contribution in [0.5, 0.6) is 0 Å². The number of ether oxygens (including phenoxy) is 1. The minimum Gasteiger partial charge on any atom is -0.375 e. The van der Waals surface area contributed by atoms with Gasteiger partial charge >= 0.3 is 0 Å². The summed E-state index contributed by atoms with van der Waals surface area (Å²) in [6.07, 6.45) is 2.81. The number of hydrogen-bond acceptors (Lipinski definition) is 3. The van der Waals surface area contributed by atoms with E-state index in [-0.39, 0.29) is 5.60 Å². The van der Waals surface area contributed by atoms with E-state index in [4.69, 9.17) is 4.74 Å². The number of rotatable bonds is 5. The van der Waals surface area contributed by atoms with Crippen molar-refractivity contribution in [2.75, 3.05) is 26.2 Å². The van der Waals surface area contributed by atoms with Crippen LogP contribution >= 0.6 is 0 Å². The van der Waals surface area contributed by atoms with Crippen molar-refractivity contribution >= 4 is 0 Å². The van der Waals surface area contributed by atoms with Crippen LogP contribution in [0.15, 0.2) is 0 Å². The van der Waals surface area contributed by atoms with Crippen LogP contribution in [-0.2, 0) is 4.74 Å². The summed E-state index contributed by atoms with van der Waals surface area (Å²) in [4.78, 5) is 2.67. The molecule has 3 nitrogen and oxygen atoms in total. The van der Waals surface area contributed by atoms with Crippen LogP contribution < -0.4 is 5.32 Å². The Labute approximate surface area is 125 Å².